The lowest BCUT2D eigenvalue weighted by atomic mass is 10.1. The number of rotatable bonds is 7. The zero-order chi connectivity index (χ0) is 12.1. The van der Waals surface area contributed by atoms with Crippen LogP contribution in [-0.4, -0.2) is 39.0 Å². The molecule has 0 fully saturated rings. The van der Waals surface area contributed by atoms with Gasteiger partial charge in [-0.25, -0.2) is 0 Å². The van der Waals surface area contributed by atoms with E-state index in [0.717, 1.165) is 0 Å². The Morgan fingerprint density at radius 1 is 1.53 bits per heavy atom. The van der Waals surface area contributed by atoms with Crippen molar-refractivity contribution in [1.29, 1.82) is 0 Å². The van der Waals surface area contributed by atoms with Crippen molar-refractivity contribution in [3.63, 3.8) is 0 Å². The lowest BCUT2D eigenvalue weighted by Crippen LogP contribution is -2.27. The van der Waals surface area contributed by atoms with Crippen LogP contribution in [0.2, 0.25) is 0 Å². The maximum absolute atomic E-state index is 11.6. The number of aliphatic carboxylic acids is 1. The third-order valence-electron chi connectivity index (χ3n) is 2.37. The van der Waals surface area contributed by atoms with E-state index in [1.807, 2.05) is 13.8 Å². The molecular formula is C10H20O4S. The Morgan fingerprint density at radius 3 is 2.47 bits per heavy atom. The van der Waals surface area contributed by atoms with Gasteiger partial charge in [0.2, 0.25) is 0 Å². The Morgan fingerprint density at radius 2 is 2.07 bits per heavy atom. The molecule has 15 heavy (non-hydrogen) atoms. The van der Waals surface area contributed by atoms with Crippen LogP contribution in [0.1, 0.15) is 33.6 Å². The van der Waals surface area contributed by atoms with E-state index in [0.29, 0.717) is 12.2 Å². The highest BCUT2D eigenvalue weighted by atomic mass is 32.2. The fourth-order valence-corrected chi connectivity index (χ4v) is 2.41. The lowest BCUT2D eigenvalue weighted by Gasteiger charge is -2.23. The van der Waals surface area contributed by atoms with E-state index in [2.05, 4.69) is 0 Å². The zero-order valence-electron chi connectivity index (χ0n) is 9.78. The second-order valence-electron chi connectivity index (χ2n) is 4.21. The first-order valence-corrected chi connectivity index (χ1v) is 6.31. The molecule has 0 radical (unpaired) electrons. The second-order valence-corrected chi connectivity index (χ2v) is 6.18. The van der Waals surface area contributed by atoms with Crippen molar-refractivity contribution in [2.45, 2.75) is 44.5 Å². The van der Waals surface area contributed by atoms with Gasteiger partial charge in [-0.1, -0.05) is 6.92 Å². The summed E-state index contributed by atoms with van der Waals surface area (Å²) in [7, 11) is 0.520. The van der Waals surface area contributed by atoms with Crippen LogP contribution in [0.3, 0.4) is 0 Å². The van der Waals surface area contributed by atoms with Gasteiger partial charge in [-0.2, -0.15) is 0 Å². The molecule has 0 rings (SSSR count). The molecule has 5 heteroatoms. The Bertz CT molecular complexity index is 238. The predicted octanol–water partition coefficient (Wildman–Crippen LogP) is 1.41. The number of carboxylic acids is 1. The summed E-state index contributed by atoms with van der Waals surface area (Å²) in [6, 6.07) is 0. The molecule has 90 valence electrons. The molecule has 2 unspecified atom stereocenters. The number of hydrogen-bond acceptors (Lipinski definition) is 3. The molecule has 0 bridgehead atoms. The molecule has 4 nitrogen and oxygen atoms in total. The molecule has 0 aromatic carbocycles. The smallest absolute Gasteiger partial charge is 0.304 e. The normalized spacial score (nSPS) is 16.0. The maximum atomic E-state index is 11.6. The molecule has 2 atom stereocenters. The highest BCUT2D eigenvalue weighted by molar-refractivity contribution is 7.85. The molecule has 1 N–H and O–H groups in total. The van der Waals surface area contributed by atoms with Gasteiger partial charge >= 0.3 is 5.97 Å². The molecule has 0 heterocycles. The zero-order valence-corrected chi connectivity index (χ0v) is 10.6. The Kier molecular flexibility index (Phi) is 6.05. The van der Waals surface area contributed by atoms with Crippen LogP contribution in [-0.2, 0) is 20.3 Å². The second kappa shape index (κ2) is 6.23. The molecule has 0 spiro atoms. The third kappa shape index (κ3) is 6.62. The van der Waals surface area contributed by atoms with Crippen molar-refractivity contribution in [2.24, 2.45) is 0 Å². The Labute approximate surface area is 93.5 Å². The van der Waals surface area contributed by atoms with Gasteiger partial charge in [0, 0.05) is 28.9 Å². The number of hydrogen-bond donors (Lipinski definition) is 1. The highest BCUT2D eigenvalue weighted by Gasteiger charge is 2.20. The van der Waals surface area contributed by atoms with Crippen LogP contribution in [0.4, 0.5) is 0 Å². The lowest BCUT2D eigenvalue weighted by molar-refractivity contribution is -0.136. The third-order valence-corrected chi connectivity index (χ3v) is 4.04. The van der Waals surface area contributed by atoms with E-state index < -0.39 is 16.8 Å². The fourth-order valence-electron chi connectivity index (χ4n) is 0.988. The summed E-state index contributed by atoms with van der Waals surface area (Å²) in [5.74, 6) is -0.420. The molecule has 0 saturated heterocycles. The number of methoxy groups -OCH3 is 1. The molecule has 0 amide bonds. The summed E-state index contributed by atoms with van der Waals surface area (Å²) in [4.78, 5) is 10.4. The van der Waals surface area contributed by atoms with Gasteiger partial charge < -0.3 is 9.84 Å². The van der Waals surface area contributed by atoms with Crippen LogP contribution >= 0.6 is 0 Å². The van der Waals surface area contributed by atoms with Crippen LogP contribution in [0.15, 0.2) is 0 Å². The van der Waals surface area contributed by atoms with Crippen LogP contribution in [0, 0.1) is 0 Å². The van der Waals surface area contributed by atoms with Gasteiger partial charge in [0.05, 0.1) is 12.0 Å². The minimum absolute atomic E-state index is 0.0416. The minimum Gasteiger partial charge on any atom is -0.481 e. The highest BCUT2D eigenvalue weighted by Crippen LogP contribution is 2.15. The largest absolute Gasteiger partial charge is 0.481 e. The molecular weight excluding hydrogens is 216 g/mol. The van der Waals surface area contributed by atoms with E-state index >= 15 is 0 Å². The van der Waals surface area contributed by atoms with E-state index in [-0.39, 0.29) is 17.3 Å². The molecule has 0 aromatic heterocycles. The van der Waals surface area contributed by atoms with Crippen molar-refractivity contribution in [3.8, 4) is 0 Å². The summed E-state index contributed by atoms with van der Waals surface area (Å²) >= 11 is 0. The molecule has 0 aliphatic carbocycles. The SMILES string of the molecule is COC(C)(C)CCS(=O)C(C)CC(=O)O. The molecule has 0 aromatic rings. The number of ether oxygens (including phenoxy) is 1. The summed E-state index contributed by atoms with van der Waals surface area (Å²) in [5, 5.41) is 8.25. The van der Waals surface area contributed by atoms with Crippen LogP contribution < -0.4 is 0 Å². The number of carbonyl (C=O) groups is 1. The van der Waals surface area contributed by atoms with Gasteiger partial charge in [-0.15, -0.1) is 0 Å². The van der Waals surface area contributed by atoms with E-state index in [1.165, 1.54) is 0 Å². The molecule has 0 aliphatic heterocycles. The Balaban J connectivity index is 3.98. The standard InChI is InChI=1S/C10H20O4S/c1-8(7-9(11)12)15(13)6-5-10(2,3)14-4/h8H,5-7H2,1-4H3,(H,11,12). The molecule has 0 aliphatic rings. The van der Waals surface area contributed by atoms with Gasteiger partial charge in [-0.3, -0.25) is 9.00 Å². The summed E-state index contributed by atoms with van der Waals surface area (Å²) < 4.78 is 16.8. The summed E-state index contributed by atoms with van der Waals surface area (Å²) in [6.45, 7) is 5.54. The van der Waals surface area contributed by atoms with Crippen molar-refractivity contribution < 1.29 is 18.8 Å². The first-order chi connectivity index (χ1) is 6.78. The molecule has 0 saturated carbocycles. The monoisotopic (exact) mass is 236 g/mol. The van der Waals surface area contributed by atoms with E-state index in [1.54, 1.807) is 14.0 Å². The van der Waals surface area contributed by atoms with Crippen molar-refractivity contribution in [3.05, 3.63) is 0 Å². The van der Waals surface area contributed by atoms with Gasteiger partial charge in [-0.05, 0) is 20.3 Å². The quantitative estimate of drug-likeness (QED) is 0.726. The first-order valence-electron chi connectivity index (χ1n) is 4.92. The van der Waals surface area contributed by atoms with Crippen molar-refractivity contribution in [2.75, 3.05) is 12.9 Å². The average molecular weight is 236 g/mol. The topological polar surface area (TPSA) is 63.6 Å². The average Bonchev–Trinajstić information content (AvgIpc) is 2.13. The van der Waals surface area contributed by atoms with Crippen molar-refractivity contribution in [1.82, 2.24) is 0 Å². The summed E-state index contributed by atoms with van der Waals surface area (Å²) in [6.07, 6.45) is 0.625. The predicted molar refractivity (Wildman–Crippen MR) is 60.4 cm³/mol. The van der Waals surface area contributed by atoms with Crippen LogP contribution in [0.25, 0.3) is 0 Å². The Hall–Kier alpha value is -0.420. The van der Waals surface area contributed by atoms with Crippen LogP contribution in [0.5, 0.6) is 0 Å². The summed E-state index contributed by atoms with van der Waals surface area (Å²) in [5.41, 5.74) is -0.293. The maximum Gasteiger partial charge on any atom is 0.304 e. The van der Waals surface area contributed by atoms with Gasteiger partial charge in [0.15, 0.2) is 0 Å². The van der Waals surface area contributed by atoms with Crippen molar-refractivity contribution >= 4 is 16.8 Å². The fraction of sp³-hybridized carbons (Fsp3) is 0.900. The number of carboxylic acid groups (broad SMARTS) is 1. The minimum atomic E-state index is -1.09. The van der Waals surface area contributed by atoms with Gasteiger partial charge in [0.25, 0.3) is 0 Å². The van der Waals surface area contributed by atoms with E-state index in [4.69, 9.17) is 9.84 Å². The van der Waals surface area contributed by atoms with E-state index in [9.17, 15) is 9.00 Å². The van der Waals surface area contributed by atoms with Gasteiger partial charge in [0.1, 0.15) is 0 Å². The first kappa shape index (κ1) is 14.6.